The summed E-state index contributed by atoms with van der Waals surface area (Å²) in [7, 11) is 0. The van der Waals surface area contributed by atoms with Crippen LogP contribution in [0.25, 0.3) is 0 Å². The maximum Gasteiger partial charge on any atom is 0.410 e. The van der Waals surface area contributed by atoms with E-state index < -0.39 is 11.7 Å². The van der Waals surface area contributed by atoms with Crippen molar-refractivity contribution in [2.24, 2.45) is 0 Å². The summed E-state index contributed by atoms with van der Waals surface area (Å²) in [6.07, 6.45) is -0.870. The standard InChI is InChI=1S/C10H20N2O3.C2H6/c1-10(2,3)15-9(14)12-5-4-11-6-8(13)7-12;1-2/h8,11,13H,4-7H2,1-3H3;1-2H3. The number of aliphatic hydroxyl groups excluding tert-OH is 1. The van der Waals surface area contributed by atoms with Gasteiger partial charge in [-0.3, -0.25) is 0 Å². The lowest BCUT2D eigenvalue weighted by molar-refractivity contribution is 0.0186. The number of carbonyl (C=O) groups excluding carboxylic acids is 1. The Morgan fingerprint density at radius 2 is 2.00 bits per heavy atom. The van der Waals surface area contributed by atoms with Crippen LogP contribution in [0.4, 0.5) is 4.79 Å². The lowest BCUT2D eigenvalue weighted by Crippen LogP contribution is -2.41. The van der Waals surface area contributed by atoms with E-state index in [4.69, 9.17) is 4.74 Å². The Kier molecular flexibility index (Phi) is 7.15. The summed E-state index contributed by atoms with van der Waals surface area (Å²) in [5.41, 5.74) is -0.484. The number of nitrogens with zero attached hydrogens (tertiary/aromatic N) is 1. The van der Waals surface area contributed by atoms with Gasteiger partial charge in [-0.1, -0.05) is 13.8 Å². The number of rotatable bonds is 0. The largest absolute Gasteiger partial charge is 0.444 e. The van der Waals surface area contributed by atoms with Crippen LogP contribution in [0.2, 0.25) is 0 Å². The first-order chi connectivity index (χ1) is 7.88. The van der Waals surface area contributed by atoms with E-state index in [0.29, 0.717) is 26.2 Å². The van der Waals surface area contributed by atoms with Crippen molar-refractivity contribution in [2.75, 3.05) is 26.2 Å². The minimum absolute atomic E-state index is 0.335. The van der Waals surface area contributed by atoms with Gasteiger partial charge in [0, 0.05) is 19.6 Å². The van der Waals surface area contributed by atoms with Crippen molar-refractivity contribution < 1.29 is 14.6 Å². The van der Waals surface area contributed by atoms with Crippen LogP contribution in [0.15, 0.2) is 0 Å². The lowest BCUT2D eigenvalue weighted by Gasteiger charge is -2.26. The molecule has 0 aromatic carbocycles. The third-order valence-electron chi connectivity index (χ3n) is 2.02. The van der Waals surface area contributed by atoms with Gasteiger partial charge in [-0.05, 0) is 20.8 Å². The normalized spacial score (nSPS) is 21.1. The van der Waals surface area contributed by atoms with Gasteiger partial charge in [0.2, 0.25) is 0 Å². The maximum atomic E-state index is 11.7. The molecule has 1 aliphatic heterocycles. The van der Waals surface area contributed by atoms with Crippen LogP contribution < -0.4 is 5.32 Å². The molecule has 1 unspecified atom stereocenters. The van der Waals surface area contributed by atoms with Crippen molar-refractivity contribution in [2.45, 2.75) is 46.3 Å². The van der Waals surface area contributed by atoms with Crippen LogP contribution in [0.1, 0.15) is 34.6 Å². The smallest absolute Gasteiger partial charge is 0.410 e. The number of β-amino-alcohol motifs (C(OH)–C–C–N with tert-alkyl or cyclic N) is 1. The molecule has 0 radical (unpaired) electrons. The van der Waals surface area contributed by atoms with Crippen molar-refractivity contribution in [1.29, 1.82) is 0 Å². The summed E-state index contributed by atoms with van der Waals surface area (Å²) >= 11 is 0. The molecule has 0 aromatic rings. The second-order valence-corrected chi connectivity index (χ2v) is 4.78. The second-order valence-electron chi connectivity index (χ2n) is 4.78. The van der Waals surface area contributed by atoms with Crippen LogP contribution in [0.5, 0.6) is 0 Å². The van der Waals surface area contributed by atoms with Gasteiger partial charge >= 0.3 is 6.09 Å². The maximum absolute atomic E-state index is 11.7. The van der Waals surface area contributed by atoms with Crippen molar-refractivity contribution >= 4 is 6.09 Å². The molecule has 0 aromatic heterocycles. The van der Waals surface area contributed by atoms with E-state index in [1.807, 2.05) is 34.6 Å². The van der Waals surface area contributed by atoms with Crippen LogP contribution in [-0.4, -0.2) is 54.0 Å². The van der Waals surface area contributed by atoms with Crippen LogP contribution in [-0.2, 0) is 4.74 Å². The lowest BCUT2D eigenvalue weighted by atomic mass is 10.2. The predicted octanol–water partition coefficient (Wildman–Crippen LogP) is 1.21. The molecule has 1 heterocycles. The molecule has 1 aliphatic rings. The number of carbonyl (C=O) groups is 1. The number of aliphatic hydroxyl groups is 1. The molecule has 102 valence electrons. The summed E-state index contributed by atoms with van der Waals surface area (Å²) in [5.74, 6) is 0. The fourth-order valence-corrected chi connectivity index (χ4v) is 1.39. The zero-order valence-corrected chi connectivity index (χ0v) is 11.6. The Bertz CT molecular complexity index is 226. The van der Waals surface area contributed by atoms with Gasteiger partial charge in [-0.2, -0.15) is 0 Å². The van der Waals surface area contributed by atoms with Crippen molar-refractivity contribution in [1.82, 2.24) is 10.2 Å². The van der Waals surface area contributed by atoms with Crippen molar-refractivity contribution in [3.63, 3.8) is 0 Å². The highest BCUT2D eigenvalue weighted by Crippen LogP contribution is 2.10. The quantitative estimate of drug-likeness (QED) is 0.674. The Labute approximate surface area is 104 Å². The van der Waals surface area contributed by atoms with Crippen molar-refractivity contribution in [3.05, 3.63) is 0 Å². The first kappa shape index (κ1) is 16.2. The van der Waals surface area contributed by atoms with Gasteiger partial charge < -0.3 is 20.1 Å². The molecule has 5 heteroatoms. The monoisotopic (exact) mass is 246 g/mol. The van der Waals surface area contributed by atoms with E-state index in [-0.39, 0.29) is 6.09 Å². The minimum atomic E-state index is -0.514. The average molecular weight is 246 g/mol. The number of hydrogen-bond acceptors (Lipinski definition) is 4. The molecule has 0 aliphatic carbocycles. The zero-order chi connectivity index (χ0) is 13.5. The summed E-state index contributed by atoms with van der Waals surface area (Å²) in [5, 5.41) is 12.5. The van der Waals surface area contributed by atoms with E-state index in [2.05, 4.69) is 5.32 Å². The van der Waals surface area contributed by atoms with E-state index in [1.54, 1.807) is 0 Å². The molecule has 1 rings (SSSR count). The number of amides is 1. The molecule has 17 heavy (non-hydrogen) atoms. The van der Waals surface area contributed by atoms with Gasteiger partial charge in [0.25, 0.3) is 0 Å². The summed E-state index contributed by atoms with van der Waals surface area (Å²) < 4.78 is 5.23. The average Bonchev–Trinajstić information content (AvgIpc) is 2.43. The van der Waals surface area contributed by atoms with Crippen LogP contribution in [0, 0.1) is 0 Å². The molecule has 1 atom stereocenters. The molecule has 0 saturated carbocycles. The molecular weight excluding hydrogens is 220 g/mol. The number of ether oxygens (including phenoxy) is 1. The first-order valence-corrected chi connectivity index (χ1v) is 6.25. The highest BCUT2D eigenvalue weighted by atomic mass is 16.6. The highest BCUT2D eigenvalue weighted by molar-refractivity contribution is 5.68. The third kappa shape index (κ3) is 7.18. The Morgan fingerprint density at radius 1 is 1.41 bits per heavy atom. The third-order valence-corrected chi connectivity index (χ3v) is 2.02. The SMILES string of the molecule is CC.CC(C)(C)OC(=O)N1CCNCC(O)C1. The number of hydrogen-bond donors (Lipinski definition) is 2. The van der Waals surface area contributed by atoms with E-state index in [0.717, 1.165) is 0 Å². The van der Waals surface area contributed by atoms with E-state index in [9.17, 15) is 9.90 Å². The Morgan fingerprint density at radius 3 is 2.53 bits per heavy atom. The first-order valence-electron chi connectivity index (χ1n) is 6.25. The van der Waals surface area contributed by atoms with Crippen LogP contribution in [0.3, 0.4) is 0 Å². The number of nitrogens with one attached hydrogen (secondary N) is 1. The topological polar surface area (TPSA) is 61.8 Å². The van der Waals surface area contributed by atoms with Gasteiger partial charge in [0.1, 0.15) is 5.60 Å². The van der Waals surface area contributed by atoms with Crippen LogP contribution >= 0.6 is 0 Å². The molecule has 0 bridgehead atoms. The molecule has 1 amide bonds. The van der Waals surface area contributed by atoms with Gasteiger partial charge in [-0.15, -0.1) is 0 Å². The predicted molar refractivity (Wildman–Crippen MR) is 68.0 cm³/mol. The zero-order valence-electron chi connectivity index (χ0n) is 11.6. The molecule has 5 nitrogen and oxygen atoms in total. The molecular formula is C12H26N2O3. The molecule has 0 spiro atoms. The van der Waals surface area contributed by atoms with Crippen molar-refractivity contribution in [3.8, 4) is 0 Å². The summed E-state index contributed by atoms with van der Waals surface area (Å²) in [6, 6.07) is 0. The molecule has 2 N–H and O–H groups in total. The Balaban J connectivity index is 0.00000121. The van der Waals surface area contributed by atoms with Gasteiger partial charge in [0.05, 0.1) is 12.6 Å². The summed E-state index contributed by atoms with van der Waals surface area (Å²) in [6.45, 7) is 11.6. The molecule has 1 fully saturated rings. The van der Waals surface area contributed by atoms with E-state index in [1.165, 1.54) is 4.90 Å². The second kappa shape index (κ2) is 7.50. The highest BCUT2D eigenvalue weighted by Gasteiger charge is 2.25. The molecule has 1 saturated heterocycles. The van der Waals surface area contributed by atoms with Gasteiger partial charge in [-0.25, -0.2) is 4.79 Å². The summed E-state index contributed by atoms with van der Waals surface area (Å²) in [4.78, 5) is 13.2. The Hall–Kier alpha value is -0.810. The fourth-order valence-electron chi connectivity index (χ4n) is 1.39. The minimum Gasteiger partial charge on any atom is -0.444 e. The fraction of sp³-hybridized carbons (Fsp3) is 0.917. The van der Waals surface area contributed by atoms with E-state index >= 15 is 0 Å². The van der Waals surface area contributed by atoms with Gasteiger partial charge in [0.15, 0.2) is 0 Å².